The maximum atomic E-state index is 11.7. The Hall–Kier alpha value is -1.35. The Morgan fingerprint density at radius 3 is 2.94 bits per heavy atom. The van der Waals surface area contributed by atoms with E-state index in [0.29, 0.717) is 19.6 Å². The molecular formula is C14H19NO2. The van der Waals surface area contributed by atoms with Gasteiger partial charge in [0.05, 0.1) is 13.2 Å². The van der Waals surface area contributed by atoms with Crippen LogP contribution < -0.4 is 0 Å². The monoisotopic (exact) mass is 233 g/mol. The Morgan fingerprint density at radius 1 is 1.47 bits per heavy atom. The minimum Gasteiger partial charge on any atom is -0.370 e. The van der Waals surface area contributed by atoms with E-state index >= 15 is 0 Å². The summed E-state index contributed by atoms with van der Waals surface area (Å²) in [6.07, 6.45) is 0.598. The molecule has 0 bridgehead atoms. The van der Waals surface area contributed by atoms with Gasteiger partial charge in [0.15, 0.2) is 0 Å². The average Bonchev–Trinajstić information content (AvgIpc) is 2.38. The van der Waals surface area contributed by atoms with Crippen LogP contribution in [0.5, 0.6) is 0 Å². The zero-order valence-electron chi connectivity index (χ0n) is 10.5. The number of carbonyl (C=O) groups excluding carboxylic acids is 1. The molecule has 0 N–H and O–H groups in total. The number of morpholine rings is 1. The third-order valence-corrected chi connectivity index (χ3v) is 3.26. The molecule has 1 fully saturated rings. The number of hydrogen-bond acceptors (Lipinski definition) is 2. The van der Waals surface area contributed by atoms with Gasteiger partial charge in [-0.15, -0.1) is 0 Å². The molecule has 0 saturated carbocycles. The molecule has 0 radical (unpaired) electrons. The summed E-state index contributed by atoms with van der Waals surface area (Å²) in [7, 11) is 0. The standard InChI is InChI=1S/C14H19NO2/c1-3-14(16)15-8-9-17-13(10-15)12-7-5-4-6-11(12)2/h4-7,13H,3,8-10H2,1-2H3/t13-/m1/s1. The molecule has 2 rings (SSSR count). The molecule has 0 aliphatic carbocycles. The maximum absolute atomic E-state index is 11.7. The fourth-order valence-corrected chi connectivity index (χ4v) is 2.24. The predicted octanol–water partition coefficient (Wildman–Crippen LogP) is 2.30. The minimum atomic E-state index is 0.0282. The Balaban J connectivity index is 2.12. The van der Waals surface area contributed by atoms with E-state index in [4.69, 9.17) is 4.74 Å². The molecule has 1 aromatic rings. The van der Waals surface area contributed by atoms with Gasteiger partial charge in [0.1, 0.15) is 6.10 Å². The summed E-state index contributed by atoms with van der Waals surface area (Å²) in [6, 6.07) is 8.21. The predicted molar refractivity (Wildman–Crippen MR) is 66.7 cm³/mol. The number of amides is 1. The fourth-order valence-electron chi connectivity index (χ4n) is 2.24. The van der Waals surface area contributed by atoms with Gasteiger partial charge in [0.2, 0.25) is 5.91 Å². The first-order valence-electron chi connectivity index (χ1n) is 6.17. The van der Waals surface area contributed by atoms with Crippen molar-refractivity contribution >= 4 is 5.91 Å². The quantitative estimate of drug-likeness (QED) is 0.784. The van der Waals surface area contributed by atoms with Crippen molar-refractivity contribution in [1.29, 1.82) is 0 Å². The lowest BCUT2D eigenvalue weighted by atomic mass is 10.0. The van der Waals surface area contributed by atoms with E-state index in [1.54, 1.807) is 0 Å². The second-order valence-corrected chi connectivity index (χ2v) is 4.41. The van der Waals surface area contributed by atoms with E-state index in [1.807, 2.05) is 24.0 Å². The first-order chi connectivity index (χ1) is 8.22. The van der Waals surface area contributed by atoms with Crippen LogP contribution in [0.25, 0.3) is 0 Å². The van der Waals surface area contributed by atoms with E-state index in [0.717, 1.165) is 6.54 Å². The lowest BCUT2D eigenvalue weighted by molar-refractivity contribution is -0.138. The minimum absolute atomic E-state index is 0.0282. The SMILES string of the molecule is CCC(=O)N1CCO[C@@H](c2ccccc2C)C1. The van der Waals surface area contributed by atoms with Crippen molar-refractivity contribution in [3.8, 4) is 0 Å². The zero-order valence-corrected chi connectivity index (χ0v) is 10.5. The number of hydrogen-bond donors (Lipinski definition) is 0. The lowest BCUT2D eigenvalue weighted by Gasteiger charge is -2.33. The summed E-state index contributed by atoms with van der Waals surface area (Å²) in [5.41, 5.74) is 2.42. The maximum Gasteiger partial charge on any atom is 0.222 e. The number of ether oxygens (including phenoxy) is 1. The molecule has 1 aliphatic rings. The van der Waals surface area contributed by atoms with Gasteiger partial charge in [-0.05, 0) is 18.1 Å². The Morgan fingerprint density at radius 2 is 2.24 bits per heavy atom. The van der Waals surface area contributed by atoms with Crippen LogP contribution in [0, 0.1) is 6.92 Å². The Labute approximate surface area is 102 Å². The lowest BCUT2D eigenvalue weighted by Crippen LogP contribution is -2.42. The smallest absolute Gasteiger partial charge is 0.222 e. The van der Waals surface area contributed by atoms with Gasteiger partial charge < -0.3 is 9.64 Å². The van der Waals surface area contributed by atoms with E-state index in [9.17, 15) is 4.79 Å². The summed E-state index contributed by atoms with van der Waals surface area (Å²) in [6.45, 7) is 6.01. The van der Waals surface area contributed by atoms with Crippen LogP contribution in [0.15, 0.2) is 24.3 Å². The molecule has 1 aromatic carbocycles. The molecule has 3 nitrogen and oxygen atoms in total. The van der Waals surface area contributed by atoms with Crippen molar-refractivity contribution in [3.63, 3.8) is 0 Å². The van der Waals surface area contributed by atoms with Crippen molar-refractivity contribution < 1.29 is 9.53 Å². The molecule has 1 aliphatic heterocycles. The third-order valence-electron chi connectivity index (χ3n) is 3.26. The van der Waals surface area contributed by atoms with Gasteiger partial charge in [-0.2, -0.15) is 0 Å². The molecule has 3 heteroatoms. The first-order valence-corrected chi connectivity index (χ1v) is 6.17. The number of aryl methyl sites for hydroxylation is 1. The Kier molecular flexibility index (Phi) is 3.79. The van der Waals surface area contributed by atoms with Gasteiger partial charge in [-0.3, -0.25) is 4.79 Å². The molecule has 0 aromatic heterocycles. The van der Waals surface area contributed by atoms with Crippen LogP contribution in [0.4, 0.5) is 0 Å². The van der Waals surface area contributed by atoms with Gasteiger partial charge in [-0.25, -0.2) is 0 Å². The van der Waals surface area contributed by atoms with Crippen molar-refractivity contribution in [2.24, 2.45) is 0 Å². The molecular weight excluding hydrogens is 214 g/mol. The topological polar surface area (TPSA) is 29.5 Å². The van der Waals surface area contributed by atoms with E-state index in [1.165, 1.54) is 11.1 Å². The van der Waals surface area contributed by atoms with Crippen LogP contribution in [0.1, 0.15) is 30.6 Å². The molecule has 92 valence electrons. The zero-order chi connectivity index (χ0) is 12.3. The largest absolute Gasteiger partial charge is 0.370 e. The second-order valence-electron chi connectivity index (χ2n) is 4.41. The van der Waals surface area contributed by atoms with Crippen molar-refractivity contribution in [3.05, 3.63) is 35.4 Å². The highest BCUT2D eigenvalue weighted by atomic mass is 16.5. The molecule has 1 heterocycles. The van der Waals surface area contributed by atoms with Gasteiger partial charge in [0, 0.05) is 13.0 Å². The van der Waals surface area contributed by atoms with Crippen LogP contribution in [-0.2, 0) is 9.53 Å². The van der Waals surface area contributed by atoms with Crippen molar-refractivity contribution in [2.75, 3.05) is 19.7 Å². The second kappa shape index (κ2) is 5.32. The molecule has 1 atom stereocenters. The molecule has 0 unspecified atom stereocenters. The summed E-state index contributed by atoms with van der Waals surface area (Å²) in [5, 5.41) is 0. The van der Waals surface area contributed by atoms with Crippen LogP contribution in [-0.4, -0.2) is 30.5 Å². The number of rotatable bonds is 2. The van der Waals surface area contributed by atoms with E-state index in [2.05, 4.69) is 19.1 Å². The average molecular weight is 233 g/mol. The summed E-state index contributed by atoms with van der Waals surface area (Å²) in [4.78, 5) is 13.6. The van der Waals surface area contributed by atoms with Crippen molar-refractivity contribution in [2.45, 2.75) is 26.4 Å². The van der Waals surface area contributed by atoms with Crippen LogP contribution in [0.3, 0.4) is 0 Å². The molecule has 0 spiro atoms. The normalized spacial score (nSPS) is 20.4. The van der Waals surface area contributed by atoms with Crippen LogP contribution in [0.2, 0.25) is 0 Å². The fraction of sp³-hybridized carbons (Fsp3) is 0.500. The molecule has 1 saturated heterocycles. The van der Waals surface area contributed by atoms with Crippen molar-refractivity contribution in [1.82, 2.24) is 4.90 Å². The van der Waals surface area contributed by atoms with E-state index in [-0.39, 0.29) is 12.0 Å². The molecule has 17 heavy (non-hydrogen) atoms. The highest BCUT2D eigenvalue weighted by Crippen LogP contribution is 2.25. The highest BCUT2D eigenvalue weighted by molar-refractivity contribution is 5.75. The number of nitrogens with zero attached hydrogens (tertiary/aromatic N) is 1. The Bertz CT molecular complexity index is 403. The highest BCUT2D eigenvalue weighted by Gasteiger charge is 2.25. The summed E-state index contributed by atoms with van der Waals surface area (Å²) < 4.78 is 5.78. The van der Waals surface area contributed by atoms with E-state index < -0.39 is 0 Å². The third kappa shape index (κ3) is 2.67. The van der Waals surface area contributed by atoms with Gasteiger partial charge in [-0.1, -0.05) is 31.2 Å². The van der Waals surface area contributed by atoms with Gasteiger partial charge in [0.25, 0.3) is 0 Å². The summed E-state index contributed by atoms with van der Waals surface area (Å²) >= 11 is 0. The van der Waals surface area contributed by atoms with Crippen LogP contribution >= 0.6 is 0 Å². The summed E-state index contributed by atoms with van der Waals surface area (Å²) in [5.74, 6) is 0.215. The van der Waals surface area contributed by atoms with Gasteiger partial charge >= 0.3 is 0 Å². The molecule has 1 amide bonds. The number of benzene rings is 1. The first kappa shape index (κ1) is 12.1. The number of carbonyl (C=O) groups is 1.